The van der Waals surface area contributed by atoms with E-state index in [1.807, 2.05) is 19.1 Å². The van der Waals surface area contributed by atoms with Gasteiger partial charge in [0.25, 0.3) is 0 Å². The average molecular weight is 356 g/mol. The predicted octanol–water partition coefficient (Wildman–Crippen LogP) is 2.22. The van der Waals surface area contributed by atoms with E-state index in [1.54, 1.807) is 12.1 Å². The van der Waals surface area contributed by atoms with Gasteiger partial charge in [0, 0.05) is 25.2 Å². The van der Waals surface area contributed by atoms with Gasteiger partial charge in [0.05, 0.1) is 4.90 Å². The van der Waals surface area contributed by atoms with Gasteiger partial charge in [-0.15, -0.1) is 0 Å². The van der Waals surface area contributed by atoms with E-state index in [1.165, 1.54) is 0 Å². The van der Waals surface area contributed by atoms with Crippen molar-refractivity contribution in [3.05, 3.63) is 29.8 Å². The Hall–Kier alpha value is -0.950. The fraction of sp³-hybridized carbons (Fsp3) is 0.667. The summed E-state index contributed by atoms with van der Waals surface area (Å²) in [6.07, 6.45) is 0. The summed E-state index contributed by atoms with van der Waals surface area (Å²) in [4.78, 5) is 0.293. The Morgan fingerprint density at radius 2 is 1.62 bits per heavy atom. The van der Waals surface area contributed by atoms with Crippen molar-refractivity contribution in [1.29, 1.82) is 0 Å². The Bertz CT molecular complexity index is 604. The van der Waals surface area contributed by atoms with Crippen LogP contribution in [0.4, 0.5) is 0 Å². The van der Waals surface area contributed by atoms with E-state index in [0.29, 0.717) is 23.9 Å². The van der Waals surface area contributed by atoms with E-state index >= 15 is 0 Å². The van der Waals surface area contributed by atoms with Gasteiger partial charge in [-0.2, -0.15) is 0 Å². The van der Waals surface area contributed by atoms with Crippen LogP contribution in [-0.4, -0.2) is 33.6 Å². The summed E-state index contributed by atoms with van der Waals surface area (Å²) in [5, 5.41) is 3.32. The Kier molecular flexibility index (Phi) is 7.41. The monoisotopic (exact) mass is 355 g/mol. The highest BCUT2D eigenvalue weighted by Crippen LogP contribution is 2.23. The van der Waals surface area contributed by atoms with Gasteiger partial charge in [-0.3, -0.25) is 0 Å². The molecule has 2 unspecified atom stereocenters. The Morgan fingerprint density at radius 1 is 1.08 bits per heavy atom. The van der Waals surface area contributed by atoms with Crippen LogP contribution in [0, 0.1) is 5.92 Å². The van der Waals surface area contributed by atoms with Crippen molar-refractivity contribution in [2.75, 3.05) is 13.1 Å². The highest BCUT2D eigenvalue weighted by atomic mass is 32.2. The maximum absolute atomic E-state index is 12.5. The number of hydrogen-bond donors (Lipinski definition) is 3. The normalized spacial score (nSPS) is 15.5. The van der Waals surface area contributed by atoms with E-state index in [9.17, 15) is 8.42 Å². The number of nitrogens with two attached hydrogens (primary N) is 1. The second-order valence-corrected chi connectivity index (χ2v) is 9.51. The molecule has 0 saturated heterocycles. The molecule has 0 aliphatic rings. The van der Waals surface area contributed by atoms with Crippen molar-refractivity contribution >= 4 is 10.0 Å². The van der Waals surface area contributed by atoms with Gasteiger partial charge in [0.2, 0.25) is 10.0 Å². The molecule has 138 valence electrons. The Morgan fingerprint density at radius 3 is 2.04 bits per heavy atom. The third kappa shape index (κ3) is 6.16. The van der Waals surface area contributed by atoms with Gasteiger partial charge in [0.1, 0.15) is 0 Å². The summed E-state index contributed by atoms with van der Waals surface area (Å²) in [5.74, 6) is 0.406. The van der Waals surface area contributed by atoms with E-state index in [-0.39, 0.29) is 17.5 Å². The molecule has 0 fully saturated rings. The second-order valence-electron chi connectivity index (χ2n) is 7.79. The summed E-state index contributed by atoms with van der Waals surface area (Å²) < 4.78 is 27.7. The molecule has 0 spiro atoms. The quantitative estimate of drug-likeness (QED) is 0.667. The molecule has 0 aromatic heterocycles. The van der Waals surface area contributed by atoms with Crippen molar-refractivity contribution < 1.29 is 8.42 Å². The lowest BCUT2D eigenvalue weighted by Crippen LogP contribution is -2.47. The third-order valence-electron chi connectivity index (χ3n) is 4.13. The van der Waals surface area contributed by atoms with Crippen molar-refractivity contribution in [3.63, 3.8) is 0 Å². The van der Waals surface area contributed by atoms with Gasteiger partial charge in [-0.05, 0) is 36.0 Å². The maximum atomic E-state index is 12.5. The number of nitrogens with one attached hydrogen (secondary N) is 2. The lowest BCUT2D eigenvalue weighted by molar-refractivity contribution is 0.391. The molecular formula is C18H33N3O2S. The van der Waals surface area contributed by atoms with Gasteiger partial charge >= 0.3 is 0 Å². The standard InChI is InChI=1S/C18H33N3O2S/c1-13(2)17(11-19)20-12-14(3)21-24(22,23)16-9-7-15(8-10-16)18(4,5)6/h7-10,13-14,17,20-21H,11-12,19H2,1-6H3. The molecule has 0 radical (unpaired) electrons. The molecule has 4 N–H and O–H groups in total. The smallest absolute Gasteiger partial charge is 0.240 e. The summed E-state index contributed by atoms with van der Waals surface area (Å²) in [7, 11) is -3.52. The molecule has 0 bridgehead atoms. The molecule has 6 heteroatoms. The van der Waals surface area contributed by atoms with Crippen LogP contribution < -0.4 is 15.8 Å². The fourth-order valence-electron chi connectivity index (χ4n) is 2.43. The van der Waals surface area contributed by atoms with Crippen molar-refractivity contribution in [2.24, 2.45) is 11.7 Å². The number of benzene rings is 1. The summed E-state index contributed by atoms with van der Waals surface area (Å²) in [6.45, 7) is 13.4. The summed E-state index contributed by atoms with van der Waals surface area (Å²) in [5.41, 5.74) is 6.84. The zero-order chi connectivity index (χ0) is 18.5. The minimum atomic E-state index is -3.52. The first-order valence-electron chi connectivity index (χ1n) is 8.53. The lowest BCUT2D eigenvalue weighted by Gasteiger charge is -2.23. The fourth-order valence-corrected chi connectivity index (χ4v) is 3.67. The zero-order valence-electron chi connectivity index (χ0n) is 15.8. The van der Waals surface area contributed by atoms with Crippen LogP contribution in [0.25, 0.3) is 0 Å². The SMILES string of the molecule is CC(CNC(CN)C(C)C)NS(=O)(=O)c1ccc(C(C)(C)C)cc1. The van der Waals surface area contributed by atoms with Crippen molar-refractivity contribution in [3.8, 4) is 0 Å². The van der Waals surface area contributed by atoms with Crippen LogP contribution in [0.15, 0.2) is 29.2 Å². The zero-order valence-corrected chi connectivity index (χ0v) is 16.6. The molecule has 1 rings (SSSR count). The van der Waals surface area contributed by atoms with Crippen LogP contribution in [0.1, 0.15) is 47.1 Å². The number of hydrogen-bond acceptors (Lipinski definition) is 4. The topological polar surface area (TPSA) is 84.2 Å². The van der Waals surface area contributed by atoms with Crippen molar-refractivity contribution in [1.82, 2.24) is 10.0 Å². The molecule has 0 aliphatic carbocycles. The molecule has 0 amide bonds. The Balaban J connectivity index is 2.72. The third-order valence-corrected chi connectivity index (χ3v) is 5.74. The summed E-state index contributed by atoms with van der Waals surface area (Å²) in [6, 6.07) is 7.05. The van der Waals surface area contributed by atoms with Crippen LogP contribution in [0.5, 0.6) is 0 Å². The van der Waals surface area contributed by atoms with Crippen LogP contribution >= 0.6 is 0 Å². The molecule has 5 nitrogen and oxygen atoms in total. The Labute approximate surface area is 147 Å². The minimum Gasteiger partial charge on any atom is -0.329 e. The molecule has 24 heavy (non-hydrogen) atoms. The molecular weight excluding hydrogens is 322 g/mol. The molecule has 0 aliphatic heterocycles. The minimum absolute atomic E-state index is 0.00101. The van der Waals surface area contributed by atoms with Crippen LogP contribution in [0.2, 0.25) is 0 Å². The van der Waals surface area contributed by atoms with Gasteiger partial charge in [-0.25, -0.2) is 13.1 Å². The molecule has 2 atom stereocenters. The van der Waals surface area contributed by atoms with Gasteiger partial charge in [-0.1, -0.05) is 46.8 Å². The molecule has 0 saturated carbocycles. The molecule has 1 aromatic carbocycles. The lowest BCUT2D eigenvalue weighted by atomic mass is 9.87. The largest absolute Gasteiger partial charge is 0.329 e. The highest BCUT2D eigenvalue weighted by Gasteiger charge is 2.20. The van der Waals surface area contributed by atoms with Crippen LogP contribution in [0.3, 0.4) is 0 Å². The van der Waals surface area contributed by atoms with Gasteiger partial charge < -0.3 is 11.1 Å². The number of sulfonamides is 1. The average Bonchev–Trinajstić information content (AvgIpc) is 2.46. The highest BCUT2D eigenvalue weighted by molar-refractivity contribution is 7.89. The van der Waals surface area contributed by atoms with E-state index in [0.717, 1.165) is 5.56 Å². The number of rotatable bonds is 8. The molecule has 1 aromatic rings. The van der Waals surface area contributed by atoms with E-state index in [4.69, 9.17) is 5.73 Å². The molecule has 0 heterocycles. The first-order chi connectivity index (χ1) is 11.0. The van der Waals surface area contributed by atoms with E-state index < -0.39 is 10.0 Å². The maximum Gasteiger partial charge on any atom is 0.240 e. The first kappa shape index (κ1) is 21.1. The first-order valence-corrected chi connectivity index (χ1v) is 10.0. The van der Waals surface area contributed by atoms with E-state index in [2.05, 4.69) is 44.7 Å². The summed E-state index contributed by atoms with van der Waals surface area (Å²) >= 11 is 0. The second kappa shape index (κ2) is 8.43. The predicted molar refractivity (Wildman–Crippen MR) is 101 cm³/mol. The van der Waals surface area contributed by atoms with Crippen molar-refractivity contribution in [2.45, 2.75) is 63.9 Å². The van der Waals surface area contributed by atoms with Crippen LogP contribution in [-0.2, 0) is 15.4 Å². The van der Waals surface area contributed by atoms with Gasteiger partial charge in [0.15, 0.2) is 0 Å².